The molecule has 0 aromatic carbocycles. The third kappa shape index (κ3) is 2.11. The lowest BCUT2D eigenvalue weighted by molar-refractivity contribution is -0.148. The molecule has 0 aromatic rings. The second kappa shape index (κ2) is 3.72. The fourth-order valence-corrected chi connectivity index (χ4v) is 2.04. The van der Waals surface area contributed by atoms with Crippen molar-refractivity contribution in [3.8, 4) is 0 Å². The zero-order valence-corrected chi connectivity index (χ0v) is 9.90. The first-order valence-electron chi connectivity index (χ1n) is 5.71. The number of carboxylic acid groups (broad SMARTS) is 1. The fraction of sp³-hybridized carbons (Fsp3) is 0.727. The van der Waals surface area contributed by atoms with Crippen LogP contribution in [0, 0.1) is 5.92 Å². The summed E-state index contributed by atoms with van der Waals surface area (Å²) in [6, 6.07) is -1.63. The van der Waals surface area contributed by atoms with Crippen molar-refractivity contribution < 1.29 is 19.5 Å². The molecule has 2 fully saturated rings. The largest absolute Gasteiger partial charge is 0.480 e. The second-order valence-corrected chi connectivity index (χ2v) is 5.26. The van der Waals surface area contributed by atoms with Crippen LogP contribution in [0.25, 0.3) is 0 Å². The molecule has 1 saturated heterocycles. The third-order valence-electron chi connectivity index (χ3n) is 3.24. The van der Waals surface area contributed by atoms with E-state index < -0.39 is 29.5 Å². The normalized spacial score (nSPS) is 24.7. The van der Waals surface area contributed by atoms with Crippen LogP contribution in [0.5, 0.6) is 0 Å². The molecule has 6 nitrogen and oxygen atoms in total. The third-order valence-corrected chi connectivity index (χ3v) is 3.24. The summed E-state index contributed by atoms with van der Waals surface area (Å²) < 4.78 is 0. The predicted molar refractivity (Wildman–Crippen MR) is 58.2 cm³/mol. The van der Waals surface area contributed by atoms with Crippen LogP contribution in [0.4, 0.5) is 4.79 Å². The lowest BCUT2D eigenvalue weighted by Gasteiger charge is -2.22. The van der Waals surface area contributed by atoms with Crippen LogP contribution in [0.1, 0.15) is 33.1 Å². The first-order valence-corrected chi connectivity index (χ1v) is 5.71. The van der Waals surface area contributed by atoms with E-state index in [4.69, 9.17) is 5.11 Å². The summed E-state index contributed by atoms with van der Waals surface area (Å²) in [5.41, 5.74) is -1.01. The maximum absolute atomic E-state index is 12.0. The number of imide groups is 1. The molecule has 0 aromatic heterocycles. The zero-order chi connectivity index (χ0) is 12.8. The van der Waals surface area contributed by atoms with E-state index in [0.717, 1.165) is 17.7 Å². The Labute approximate surface area is 99.0 Å². The molecule has 1 saturated carbocycles. The van der Waals surface area contributed by atoms with Crippen LogP contribution < -0.4 is 5.32 Å². The van der Waals surface area contributed by atoms with E-state index in [-0.39, 0.29) is 0 Å². The molecule has 94 valence electrons. The summed E-state index contributed by atoms with van der Waals surface area (Å²) in [5, 5.41) is 11.6. The average Bonchev–Trinajstić information content (AvgIpc) is 2.95. The second-order valence-electron chi connectivity index (χ2n) is 5.26. The highest BCUT2D eigenvalue weighted by Crippen LogP contribution is 2.35. The Balaban J connectivity index is 2.20. The van der Waals surface area contributed by atoms with E-state index in [0.29, 0.717) is 12.3 Å². The number of nitrogens with zero attached hydrogens (tertiary/aromatic N) is 1. The van der Waals surface area contributed by atoms with Crippen LogP contribution in [0.15, 0.2) is 0 Å². The Morgan fingerprint density at radius 2 is 2.12 bits per heavy atom. The van der Waals surface area contributed by atoms with Gasteiger partial charge in [0.1, 0.15) is 11.6 Å². The van der Waals surface area contributed by atoms with Gasteiger partial charge in [-0.25, -0.2) is 14.5 Å². The van der Waals surface area contributed by atoms with Gasteiger partial charge in [-0.2, -0.15) is 0 Å². The van der Waals surface area contributed by atoms with E-state index in [1.54, 1.807) is 13.8 Å². The molecule has 17 heavy (non-hydrogen) atoms. The summed E-state index contributed by atoms with van der Waals surface area (Å²) in [6.45, 7) is 3.15. The average molecular weight is 240 g/mol. The first-order chi connectivity index (χ1) is 7.83. The van der Waals surface area contributed by atoms with Crippen LogP contribution in [0.2, 0.25) is 0 Å². The van der Waals surface area contributed by atoms with Crippen molar-refractivity contribution in [3.05, 3.63) is 0 Å². The molecule has 2 rings (SSSR count). The van der Waals surface area contributed by atoms with Gasteiger partial charge < -0.3 is 10.4 Å². The van der Waals surface area contributed by atoms with Crippen molar-refractivity contribution in [2.45, 2.75) is 44.7 Å². The van der Waals surface area contributed by atoms with Gasteiger partial charge in [-0.1, -0.05) is 12.8 Å². The molecule has 6 heteroatoms. The number of rotatable bonds is 4. The summed E-state index contributed by atoms with van der Waals surface area (Å²) in [7, 11) is 0. The maximum atomic E-state index is 12.0. The van der Waals surface area contributed by atoms with Gasteiger partial charge in [0.15, 0.2) is 0 Å². The van der Waals surface area contributed by atoms with Crippen molar-refractivity contribution >= 4 is 17.9 Å². The van der Waals surface area contributed by atoms with Gasteiger partial charge in [-0.05, 0) is 26.2 Å². The minimum Gasteiger partial charge on any atom is -0.480 e. The van der Waals surface area contributed by atoms with Gasteiger partial charge in [0.2, 0.25) is 0 Å². The van der Waals surface area contributed by atoms with Gasteiger partial charge in [0.25, 0.3) is 5.91 Å². The highest BCUT2D eigenvalue weighted by molar-refractivity contribution is 6.08. The molecule has 0 unspecified atom stereocenters. The molecular weight excluding hydrogens is 224 g/mol. The molecular formula is C11H16N2O4. The Kier molecular flexibility index (Phi) is 2.60. The maximum Gasteiger partial charge on any atom is 0.327 e. The molecule has 2 N–H and O–H groups in total. The van der Waals surface area contributed by atoms with Crippen molar-refractivity contribution in [1.29, 1.82) is 0 Å². The number of amides is 3. The molecule has 0 bridgehead atoms. The standard InChI is InChI=1S/C11H16N2O4/c1-11(2)9(16)13(10(17)12-11)7(8(14)15)5-6-3-4-6/h6-7H,3-5H2,1-2H3,(H,12,17)(H,14,15)/t7-/m1/s1. The Morgan fingerprint density at radius 1 is 1.53 bits per heavy atom. The highest BCUT2D eigenvalue weighted by atomic mass is 16.4. The Hall–Kier alpha value is -1.59. The molecule has 3 amide bonds. The van der Waals surface area contributed by atoms with Crippen molar-refractivity contribution in [3.63, 3.8) is 0 Å². The van der Waals surface area contributed by atoms with Crippen molar-refractivity contribution in [1.82, 2.24) is 10.2 Å². The highest BCUT2D eigenvalue weighted by Gasteiger charge is 2.50. The van der Waals surface area contributed by atoms with Gasteiger partial charge in [-0.15, -0.1) is 0 Å². The topological polar surface area (TPSA) is 86.7 Å². The smallest absolute Gasteiger partial charge is 0.327 e. The fourth-order valence-electron chi connectivity index (χ4n) is 2.04. The molecule has 1 atom stereocenters. The van der Waals surface area contributed by atoms with Gasteiger partial charge in [0.05, 0.1) is 0 Å². The molecule has 0 spiro atoms. The molecule has 1 aliphatic carbocycles. The van der Waals surface area contributed by atoms with Crippen LogP contribution in [0.3, 0.4) is 0 Å². The summed E-state index contributed by atoms with van der Waals surface area (Å²) >= 11 is 0. The van der Waals surface area contributed by atoms with Crippen LogP contribution in [-0.4, -0.2) is 39.5 Å². The van der Waals surface area contributed by atoms with Crippen LogP contribution >= 0.6 is 0 Å². The Bertz CT molecular complexity index is 387. The number of carboxylic acids is 1. The van der Waals surface area contributed by atoms with E-state index in [9.17, 15) is 14.4 Å². The van der Waals surface area contributed by atoms with Gasteiger partial charge >= 0.3 is 12.0 Å². The lowest BCUT2D eigenvalue weighted by Crippen LogP contribution is -2.47. The van der Waals surface area contributed by atoms with Gasteiger partial charge in [-0.3, -0.25) is 4.79 Å². The summed E-state index contributed by atoms with van der Waals surface area (Å²) in [4.78, 5) is 35.7. The number of nitrogens with one attached hydrogen (secondary N) is 1. The number of hydrogen-bond donors (Lipinski definition) is 2. The van der Waals surface area contributed by atoms with E-state index in [1.165, 1.54) is 0 Å². The van der Waals surface area contributed by atoms with Crippen molar-refractivity contribution in [2.75, 3.05) is 0 Å². The van der Waals surface area contributed by atoms with E-state index in [1.807, 2.05) is 0 Å². The van der Waals surface area contributed by atoms with Gasteiger partial charge in [0, 0.05) is 0 Å². The number of carbonyl (C=O) groups is 3. The number of aliphatic carboxylic acids is 1. The minimum absolute atomic E-state index is 0.334. The molecule has 2 aliphatic rings. The SMILES string of the molecule is CC1(C)NC(=O)N([C@H](CC2CC2)C(=O)O)C1=O. The zero-order valence-electron chi connectivity index (χ0n) is 9.90. The number of hydrogen-bond acceptors (Lipinski definition) is 3. The summed E-state index contributed by atoms with van der Waals surface area (Å²) in [6.07, 6.45) is 2.33. The molecule has 1 aliphatic heterocycles. The monoisotopic (exact) mass is 240 g/mol. The summed E-state index contributed by atoms with van der Waals surface area (Å²) in [5.74, 6) is -1.24. The van der Waals surface area contributed by atoms with Crippen LogP contribution in [-0.2, 0) is 9.59 Å². The van der Waals surface area contributed by atoms with E-state index >= 15 is 0 Å². The van der Waals surface area contributed by atoms with Crippen molar-refractivity contribution in [2.24, 2.45) is 5.92 Å². The number of carbonyl (C=O) groups excluding carboxylic acids is 2. The Morgan fingerprint density at radius 3 is 2.47 bits per heavy atom. The lowest BCUT2D eigenvalue weighted by atomic mass is 10.0. The quantitative estimate of drug-likeness (QED) is 0.703. The molecule has 0 radical (unpaired) electrons. The molecule has 1 heterocycles. The minimum atomic E-state index is -1.11. The number of urea groups is 1. The first kappa shape index (κ1) is 11.9. The van der Waals surface area contributed by atoms with E-state index in [2.05, 4.69) is 5.32 Å². The predicted octanol–water partition coefficient (Wildman–Crippen LogP) is 0.570.